The van der Waals surface area contributed by atoms with Gasteiger partial charge in [-0.2, -0.15) is 0 Å². The maximum absolute atomic E-state index is 5.69. The van der Waals surface area contributed by atoms with Crippen molar-refractivity contribution >= 4 is 21.7 Å². The standard InChI is InChI=1S/C11H11BrN4/c12-8-3-1-7(2-4-8)11-15-9(6-13)5-10(14)16-11/h1-5H,6,13H2,(H2,14,15,16). The lowest BCUT2D eigenvalue weighted by molar-refractivity contribution is 0.973. The number of rotatable bonds is 2. The maximum atomic E-state index is 5.69. The van der Waals surface area contributed by atoms with Crippen molar-refractivity contribution in [2.24, 2.45) is 5.73 Å². The van der Waals surface area contributed by atoms with E-state index in [0.717, 1.165) is 15.7 Å². The van der Waals surface area contributed by atoms with Crippen molar-refractivity contribution < 1.29 is 0 Å². The highest BCUT2D eigenvalue weighted by Crippen LogP contribution is 2.19. The molecule has 0 radical (unpaired) electrons. The summed E-state index contributed by atoms with van der Waals surface area (Å²) in [6, 6.07) is 9.41. The molecule has 0 amide bonds. The minimum atomic E-state index is 0.357. The molecule has 0 aliphatic heterocycles. The Bertz CT molecular complexity index is 496. The predicted molar refractivity (Wildman–Crippen MR) is 67.5 cm³/mol. The van der Waals surface area contributed by atoms with Gasteiger partial charge in [-0.25, -0.2) is 9.97 Å². The van der Waals surface area contributed by atoms with Gasteiger partial charge in [0.15, 0.2) is 5.82 Å². The van der Waals surface area contributed by atoms with Crippen molar-refractivity contribution in [3.63, 3.8) is 0 Å². The van der Waals surface area contributed by atoms with E-state index in [1.807, 2.05) is 24.3 Å². The number of benzene rings is 1. The second-order valence-corrected chi connectivity index (χ2v) is 4.23. The molecule has 0 unspecified atom stereocenters. The maximum Gasteiger partial charge on any atom is 0.161 e. The fourth-order valence-corrected chi connectivity index (χ4v) is 1.62. The van der Waals surface area contributed by atoms with Crippen LogP contribution in [0, 0.1) is 0 Å². The molecule has 0 bridgehead atoms. The third-order valence-electron chi connectivity index (χ3n) is 2.11. The Morgan fingerprint density at radius 3 is 2.44 bits per heavy atom. The lowest BCUT2D eigenvalue weighted by Crippen LogP contribution is -2.04. The number of anilines is 1. The monoisotopic (exact) mass is 278 g/mol. The summed E-state index contributed by atoms with van der Waals surface area (Å²) in [5, 5.41) is 0. The predicted octanol–water partition coefficient (Wildman–Crippen LogP) is 1.95. The molecule has 0 saturated carbocycles. The van der Waals surface area contributed by atoms with E-state index in [2.05, 4.69) is 25.9 Å². The molecular formula is C11H11BrN4. The zero-order valence-electron chi connectivity index (χ0n) is 8.52. The molecule has 2 rings (SSSR count). The Hall–Kier alpha value is -1.46. The first-order chi connectivity index (χ1) is 7.69. The Morgan fingerprint density at radius 2 is 1.81 bits per heavy atom. The third kappa shape index (κ3) is 2.37. The van der Waals surface area contributed by atoms with Gasteiger partial charge in [-0.1, -0.05) is 28.1 Å². The molecule has 0 aliphatic rings. The van der Waals surface area contributed by atoms with Crippen LogP contribution in [0.15, 0.2) is 34.8 Å². The van der Waals surface area contributed by atoms with Gasteiger partial charge in [-0.15, -0.1) is 0 Å². The topological polar surface area (TPSA) is 77.8 Å². The summed E-state index contributed by atoms with van der Waals surface area (Å²) < 4.78 is 1.01. The van der Waals surface area contributed by atoms with Crippen molar-refractivity contribution in [3.8, 4) is 11.4 Å². The smallest absolute Gasteiger partial charge is 0.161 e. The third-order valence-corrected chi connectivity index (χ3v) is 2.64. The quantitative estimate of drug-likeness (QED) is 0.880. The SMILES string of the molecule is NCc1cc(N)nc(-c2ccc(Br)cc2)n1. The molecule has 1 aromatic heterocycles. The first kappa shape index (κ1) is 11.0. The Kier molecular flexibility index (Phi) is 3.17. The fraction of sp³-hybridized carbons (Fsp3) is 0.0909. The second kappa shape index (κ2) is 4.59. The molecule has 1 heterocycles. The van der Waals surface area contributed by atoms with Crippen LogP contribution in [0.3, 0.4) is 0 Å². The van der Waals surface area contributed by atoms with Crippen molar-refractivity contribution in [2.75, 3.05) is 5.73 Å². The van der Waals surface area contributed by atoms with E-state index in [1.165, 1.54) is 0 Å². The average Bonchev–Trinajstić information content (AvgIpc) is 2.29. The highest BCUT2D eigenvalue weighted by Gasteiger charge is 2.04. The lowest BCUT2D eigenvalue weighted by atomic mass is 10.2. The van der Waals surface area contributed by atoms with Crippen LogP contribution in [-0.4, -0.2) is 9.97 Å². The average molecular weight is 279 g/mol. The van der Waals surface area contributed by atoms with Gasteiger partial charge in [0.2, 0.25) is 0 Å². The van der Waals surface area contributed by atoms with Gasteiger partial charge < -0.3 is 11.5 Å². The van der Waals surface area contributed by atoms with Crippen molar-refractivity contribution in [1.82, 2.24) is 9.97 Å². The number of aromatic nitrogens is 2. The zero-order chi connectivity index (χ0) is 11.5. The van der Waals surface area contributed by atoms with Crippen molar-refractivity contribution in [2.45, 2.75) is 6.54 Å². The Labute approximate surface area is 102 Å². The number of hydrogen-bond donors (Lipinski definition) is 2. The molecule has 2 aromatic rings. The minimum Gasteiger partial charge on any atom is -0.384 e. The van der Waals surface area contributed by atoms with Crippen molar-refractivity contribution in [1.29, 1.82) is 0 Å². The Morgan fingerprint density at radius 1 is 1.12 bits per heavy atom. The van der Waals surface area contributed by atoms with Gasteiger partial charge in [-0.3, -0.25) is 0 Å². The molecule has 0 fully saturated rings. The molecule has 0 saturated heterocycles. The molecule has 82 valence electrons. The van der Waals surface area contributed by atoms with Crippen LogP contribution in [0.4, 0.5) is 5.82 Å². The van der Waals surface area contributed by atoms with E-state index in [0.29, 0.717) is 18.2 Å². The first-order valence-electron chi connectivity index (χ1n) is 4.78. The molecule has 4 nitrogen and oxygen atoms in total. The largest absolute Gasteiger partial charge is 0.384 e. The number of nitrogen functional groups attached to an aromatic ring is 1. The van der Waals surface area contributed by atoms with Gasteiger partial charge in [0.05, 0.1) is 5.69 Å². The van der Waals surface area contributed by atoms with Crippen molar-refractivity contribution in [3.05, 3.63) is 40.5 Å². The Balaban J connectivity index is 2.47. The molecular weight excluding hydrogens is 268 g/mol. The summed E-state index contributed by atoms with van der Waals surface area (Å²) in [5.74, 6) is 1.04. The van der Waals surface area contributed by atoms with Gasteiger partial charge >= 0.3 is 0 Å². The van der Waals surface area contributed by atoms with Gasteiger partial charge in [0, 0.05) is 22.6 Å². The number of halogens is 1. The van der Waals surface area contributed by atoms with E-state index in [-0.39, 0.29) is 0 Å². The van der Waals surface area contributed by atoms with E-state index in [1.54, 1.807) is 6.07 Å². The molecule has 0 spiro atoms. The second-order valence-electron chi connectivity index (χ2n) is 3.32. The molecule has 5 heteroatoms. The van der Waals surface area contributed by atoms with E-state index in [4.69, 9.17) is 11.5 Å². The minimum absolute atomic E-state index is 0.357. The number of nitrogens with two attached hydrogens (primary N) is 2. The van der Waals surface area contributed by atoms with Crippen LogP contribution in [0.1, 0.15) is 5.69 Å². The summed E-state index contributed by atoms with van der Waals surface area (Å²) in [6.45, 7) is 0.357. The van der Waals surface area contributed by atoms with E-state index in [9.17, 15) is 0 Å². The molecule has 0 aliphatic carbocycles. The molecule has 4 N–H and O–H groups in total. The summed E-state index contributed by atoms with van der Waals surface area (Å²) in [7, 11) is 0. The van der Waals surface area contributed by atoms with Gasteiger partial charge in [-0.05, 0) is 12.1 Å². The van der Waals surface area contributed by atoms with Crippen LogP contribution in [-0.2, 0) is 6.54 Å². The normalized spacial score (nSPS) is 10.4. The highest BCUT2D eigenvalue weighted by atomic mass is 79.9. The summed E-state index contributed by atoms with van der Waals surface area (Å²) in [4.78, 5) is 8.50. The molecule has 0 atom stereocenters. The van der Waals surface area contributed by atoms with Gasteiger partial charge in [0.1, 0.15) is 5.82 Å². The zero-order valence-corrected chi connectivity index (χ0v) is 10.1. The number of hydrogen-bond acceptors (Lipinski definition) is 4. The van der Waals surface area contributed by atoms with E-state index >= 15 is 0 Å². The first-order valence-corrected chi connectivity index (χ1v) is 5.58. The fourth-order valence-electron chi connectivity index (χ4n) is 1.35. The summed E-state index contributed by atoms with van der Waals surface area (Å²) in [6.07, 6.45) is 0. The number of nitrogens with zero attached hydrogens (tertiary/aromatic N) is 2. The molecule has 1 aromatic carbocycles. The van der Waals surface area contributed by atoms with Crippen LogP contribution in [0.2, 0.25) is 0 Å². The molecule has 16 heavy (non-hydrogen) atoms. The van der Waals surface area contributed by atoms with Gasteiger partial charge in [0.25, 0.3) is 0 Å². The van der Waals surface area contributed by atoms with Crippen LogP contribution >= 0.6 is 15.9 Å². The summed E-state index contributed by atoms with van der Waals surface area (Å²) in [5.41, 5.74) is 12.9. The van der Waals surface area contributed by atoms with Crippen LogP contribution in [0.25, 0.3) is 11.4 Å². The lowest BCUT2D eigenvalue weighted by Gasteiger charge is -2.04. The summed E-state index contributed by atoms with van der Waals surface area (Å²) >= 11 is 3.38. The highest BCUT2D eigenvalue weighted by molar-refractivity contribution is 9.10. The van der Waals surface area contributed by atoms with Crippen LogP contribution < -0.4 is 11.5 Å². The van der Waals surface area contributed by atoms with Crippen LogP contribution in [0.5, 0.6) is 0 Å². The van der Waals surface area contributed by atoms with E-state index < -0.39 is 0 Å².